The molecule has 1 fully saturated rings. The largest absolute Gasteiger partial charge is 0.310 e. The third kappa shape index (κ3) is 3.24. The van der Waals surface area contributed by atoms with Crippen molar-refractivity contribution in [2.75, 3.05) is 13.1 Å². The van der Waals surface area contributed by atoms with E-state index in [4.69, 9.17) is 11.6 Å². The minimum atomic E-state index is -3.79. The van der Waals surface area contributed by atoms with Crippen LogP contribution >= 0.6 is 11.6 Å². The lowest BCUT2D eigenvalue weighted by Crippen LogP contribution is -2.34. The van der Waals surface area contributed by atoms with Gasteiger partial charge in [-0.25, -0.2) is 12.8 Å². The minimum absolute atomic E-state index is 0.0707. The molecule has 0 radical (unpaired) electrons. The van der Waals surface area contributed by atoms with Crippen molar-refractivity contribution < 1.29 is 12.8 Å². The summed E-state index contributed by atoms with van der Waals surface area (Å²) in [6.45, 7) is 0.933. The van der Waals surface area contributed by atoms with Gasteiger partial charge in [0.2, 0.25) is 10.0 Å². The number of pyridine rings is 1. The molecular formula is C16H16ClFN2O3S. The molecule has 5 nitrogen and oxygen atoms in total. The zero-order valence-electron chi connectivity index (χ0n) is 12.8. The van der Waals surface area contributed by atoms with E-state index in [1.165, 1.54) is 39.3 Å². The van der Waals surface area contributed by atoms with Crippen LogP contribution in [0.3, 0.4) is 0 Å². The van der Waals surface area contributed by atoms with Gasteiger partial charge in [-0.15, -0.1) is 0 Å². The first-order valence-corrected chi connectivity index (χ1v) is 9.35. The van der Waals surface area contributed by atoms with Crippen LogP contribution in [0.5, 0.6) is 0 Å². The van der Waals surface area contributed by atoms with Crippen LogP contribution in [-0.4, -0.2) is 30.4 Å². The summed E-state index contributed by atoms with van der Waals surface area (Å²) >= 11 is 5.98. The standard InChI is InChI=1S/C16H16ClFN2O3S/c17-14-10-13(18)6-5-12(14)11-19-7-3-4-15(16(19)21)24(22,23)20-8-1-2-9-20/h3-7,10H,1-2,8-9,11H2. The third-order valence-corrected chi connectivity index (χ3v) is 6.29. The van der Waals surface area contributed by atoms with Gasteiger partial charge in [-0.2, -0.15) is 4.31 Å². The Bertz CT molecular complexity index is 921. The van der Waals surface area contributed by atoms with E-state index < -0.39 is 21.4 Å². The molecule has 8 heteroatoms. The zero-order valence-corrected chi connectivity index (χ0v) is 14.4. The van der Waals surface area contributed by atoms with Gasteiger partial charge >= 0.3 is 0 Å². The van der Waals surface area contributed by atoms with Crippen molar-refractivity contribution in [2.45, 2.75) is 24.3 Å². The number of aromatic nitrogens is 1. The molecule has 1 aromatic carbocycles. The highest BCUT2D eigenvalue weighted by atomic mass is 35.5. The van der Waals surface area contributed by atoms with Gasteiger partial charge in [0.05, 0.1) is 6.54 Å². The van der Waals surface area contributed by atoms with Crippen molar-refractivity contribution in [3.05, 3.63) is 63.3 Å². The maximum absolute atomic E-state index is 13.1. The fraction of sp³-hybridized carbons (Fsp3) is 0.312. The molecule has 1 aliphatic rings. The van der Waals surface area contributed by atoms with E-state index in [2.05, 4.69) is 0 Å². The second kappa shape index (κ2) is 6.66. The van der Waals surface area contributed by atoms with E-state index in [0.29, 0.717) is 18.7 Å². The van der Waals surface area contributed by atoms with Crippen molar-refractivity contribution in [3.63, 3.8) is 0 Å². The molecule has 24 heavy (non-hydrogen) atoms. The molecule has 0 atom stereocenters. The highest BCUT2D eigenvalue weighted by Crippen LogP contribution is 2.20. The lowest BCUT2D eigenvalue weighted by molar-refractivity contribution is 0.475. The van der Waals surface area contributed by atoms with Crippen molar-refractivity contribution in [1.82, 2.24) is 8.87 Å². The average molecular weight is 371 g/mol. The predicted molar refractivity (Wildman–Crippen MR) is 89.2 cm³/mol. The monoisotopic (exact) mass is 370 g/mol. The van der Waals surface area contributed by atoms with Crippen LogP contribution < -0.4 is 5.56 Å². The number of sulfonamides is 1. The quantitative estimate of drug-likeness (QED) is 0.830. The Morgan fingerprint density at radius 1 is 1.17 bits per heavy atom. The SMILES string of the molecule is O=c1c(S(=O)(=O)N2CCCC2)cccn1Cc1ccc(F)cc1Cl. The Morgan fingerprint density at radius 2 is 1.88 bits per heavy atom. The first-order chi connectivity index (χ1) is 11.4. The van der Waals surface area contributed by atoms with Gasteiger partial charge in [0.25, 0.3) is 5.56 Å². The Morgan fingerprint density at radius 3 is 2.54 bits per heavy atom. The van der Waals surface area contributed by atoms with E-state index in [1.807, 2.05) is 0 Å². The summed E-state index contributed by atoms with van der Waals surface area (Å²) in [7, 11) is -3.79. The molecule has 2 aromatic rings. The molecule has 2 heterocycles. The molecule has 128 valence electrons. The fourth-order valence-electron chi connectivity index (χ4n) is 2.74. The van der Waals surface area contributed by atoms with E-state index in [-0.39, 0.29) is 16.5 Å². The number of hydrogen-bond donors (Lipinski definition) is 0. The minimum Gasteiger partial charge on any atom is -0.310 e. The summed E-state index contributed by atoms with van der Waals surface area (Å²) in [5.74, 6) is -0.471. The second-order valence-corrected chi connectivity index (χ2v) is 7.97. The lowest BCUT2D eigenvalue weighted by Gasteiger charge is -2.16. The van der Waals surface area contributed by atoms with Gasteiger partial charge in [-0.1, -0.05) is 17.7 Å². The van der Waals surface area contributed by atoms with Gasteiger partial charge in [-0.05, 0) is 42.7 Å². The highest BCUT2D eigenvalue weighted by molar-refractivity contribution is 7.89. The van der Waals surface area contributed by atoms with Gasteiger partial charge in [0, 0.05) is 24.3 Å². The van der Waals surface area contributed by atoms with Crippen molar-refractivity contribution >= 4 is 21.6 Å². The number of halogens is 2. The molecule has 0 aliphatic carbocycles. The van der Waals surface area contributed by atoms with E-state index in [1.54, 1.807) is 0 Å². The Kier molecular flexibility index (Phi) is 4.76. The van der Waals surface area contributed by atoms with Crippen LogP contribution in [-0.2, 0) is 16.6 Å². The topological polar surface area (TPSA) is 59.4 Å². The van der Waals surface area contributed by atoms with Crippen molar-refractivity contribution in [1.29, 1.82) is 0 Å². The number of benzene rings is 1. The summed E-state index contributed by atoms with van der Waals surface area (Å²) in [5, 5.41) is 0.190. The average Bonchev–Trinajstić information content (AvgIpc) is 3.07. The highest BCUT2D eigenvalue weighted by Gasteiger charge is 2.29. The summed E-state index contributed by atoms with van der Waals surface area (Å²) in [4.78, 5) is 12.3. The third-order valence-electron chi connectivity index (χ3n) is 4.02. The second-order valence-electron chi connectivity index (χ2n) is 5.65. The normalized spacial score (nSPS) is 15.8. The van der Waals surface area contributed by atoms with Crippen LogP contribution in [0.25, 0.3) is 0 Å². The molecule has 0 bridgehead atoms. The van der Waals surface area contributed by atoms with Crippen molar-refractivity contribution in [2.24, 2.45) is 0 Å². The van der Waals surface area contributed by atoms with Gasteiger partial charge < -0.3 is 4.57 Å². The Balaban J connectivity index is 1.98. The molecule has 0 amide bonds. The maximum atomic E-state index is 13.1. The van der Waals surface area contributed by atoms with Crippen LogP contribution in [0.1, 0.15) is 18.4 Å². The summed E-state index contributed by atoms with van der Waals surface area (Å²) in [5.41, 5.74) is -0.0688. The molecule has 1 saturated heterocycles. The first-order valence-electron chi connectivity index (χ1n) is 7.53. The molecule has 1 aliphatic heterocycles. The van der Waals surface area contributed by atoms with E-state index >= 15 is 0 Å². The van der Waals surface area contributed by atoms with E-state index in [0.717, 1.165) is 18.9 Å². The van der Waals surface area contributed by atoms with Crippen LogP contribution in [0.4, 0.5) is 4.39 Å². The number of hydrogen-bond acceptors (Lipinski definition) is 3. The molecule has 0 saturated carbocycles. The summed E-state index contributed by atoms with van der Waals surface area (Å²) in [6, 6.07) is 6.72. The lowest BCUT2D eigenvalue weighted by atomic mass is 10.2. The number of rotatable bonds is 4. The zero-order chi connectivity index (χ0) is 17.3. The maximum Gasteiger partial charge on any atom is 0.271 e. The van der Waals surface area contributed by atoms with Crippen LogP contribution in [0.2, 0.25) is 5.02 Å². The van der Waals surface area contributed by atoms with E-state index in [9.17, 15) is 17.6 Å². The Hall–Kier alpha value is -1.70. The fourth-order valence-corrected chi connectivity index (χ4v) is 4.57. The molecule has 3 rings (SSSR count). The number of nitrogens with zero attached hydrogens (tertiary/aromatic N) is 2. The van der Waals surface area contributed by atoms with Gasteiger partial charge in [-0.3, -0.25) is 4.79 Å². The summed E-state index contributed by atoms with van der Waals surface area (Å²) < 4.78 is 40.9. The molecule has 0 unspecified atom stereocenters. The first kappa shape index (κ1) is 17.1. The van der Waals surface area contributed by atoms with Crippen LogP contribution in [0, 0.1) is 5.82 Å². The molecular weight excluding hydrogens is 355 g/mol. The molecule has 1 aromatic heterocycles. The van der Waals surface area contributed by atoms with Crippen LogP contribution in [0.15, 0.2) is 46.2 Å². The van der Waals surface area contributed by atoms with Gasteiger partial charge in [0.1, 0.15) is 10.7 Å². The molecule has 0 spiro atoms. The summed E-state index contributed by atoms with van der Waals surface area (Å²) in [6.07, 6.45) is 3.09. The predicted octanol–water partition coefficient (Wildman–Crippen LogP) is 2.47. The van der Waals surface area contributed by atoms with Crippen molar-refractivity contribution in [3.8, 4) is 0 Å². The molecule has 0 N–H and O–H groups in total. The Labute approximate surface area is 144 Å². The smallest absolute Gasteiger partial charge is 0.271 e. The van der Waals surface area contributed by atoms with Gasteiger partial charge in [0.15, 0.2) is 0 Å².